The zero-order valence-electron chi connectivity index (χ0n) is 10.2. The Morgan fingerprint density at radius 3 is 3.12 bits per heavy atom. The molecule has 2 heterocycles. The molecular formula is C13H21N3. The van der Waals surface area contributed by atoms with E-state index in [1.807, 2.05) is 7.05 Å². The monoisotopic (exact) mass is 219 g/mol. The number of nitrogens with zero attached hydrogens (tertiary/aromatic N) is 2. The van der Waals surface area contributed by atoms with Gasteiger partial charge in [0.2, 0.25) is 0 Å². The van der Waals surface area contributed by atoms with Crippen LogP contribution in [0.2, 0.25) is 0 Å². The van der Waals surface area contributed by atoms with E-state index in [2.05, 4.69) is 40.3 Å². The van der Waals surface area contributed by atoms with Crippen molar-refractivity contribution < 1.29 is 0 Å². The van der Waals surface area contributed by atoms with Gasteiger partial charge < -0.3 is 10.2 Å². The first-order chi connectivity index (χ1) is 7.79. The maximum Gasteiger partial charge on any atom is 0.128 e. The van der Waals surface area contributed by atoms with E-state index in [4.69, 9.17) is 0 Å². The van der Waals surface area contributed by atoms with E-state index in [9.17, 15) is 0 Å². The molecule has 3 nitrogen and oxygen atoms in total. The molecule has 88 valence electrons. The number of aromatic nitrogens is 1. The molecule has 1 saturated heterocycles. The topological polar surface area (TPSA) is 28.2 Å². The molecule has 2 rings (SSSR count). The van der Waals surface area contributed by atoms with Crippen molar-refractivity contribution >= 4 is 5.82 Å². The molecule has 16 heavy (non-hydrogen) atoms. The van der Waals surface area contributed by atoms with Gasteiger partial charge in [0, 0.05) is 19.6 Å². The molecule has 0 aromatic carbocycles. The molecular weight excluding hydrogens is 198 g/mol. The average molecular weight is 219 g/mol. The summed E-state index contributed by atoms with van der Waals surface area (Å²) >= 11 is 0. The second kappa shape index (κ2) is 5.30. The summed E-state index contributed by atoms with van der Waals surface area (Å²) in [4.78, 5) is 7.09. The van der Waals surface area contributed by atoms with Crippen LogP contribution < -0.4 is 10.2 Å². The molecule has 1 aromatic rings. The lowest BCUT2D eigenvalue weighted by Gasteiger charge is -2.32. The van der Waals surface area contributed by atoms with Crippen LogP contribution in [-0.4, -0.2) is 25.1 Å². The van der Waals surface area contributed by atoms with Crippen molar-refractivity contribution in [3.63, 3.8) is 0 Å². The van der Waals surface area contributed by atoms with Crippen molar-refractivity contribution in [3.8, 4) is 0 Å². The summed E-state index contributed by atoms with van der Waals surface area (Å²) in [6, 6.07) is 6.30. The second-order valence-electron chi connectivity index (χ2n) is 4.71. The Hall–Kier alpha value is -1.09. The summed E-state index contributed by atoms with van der Waals surface area (Å²) in [6.07, 6.45) is 2.64. The summed E-state index contributed by atoms with van der Waals surface area (Å²) in [7, 11) is 1.96. The molecule has 1 aliphatic heterocycles. The molecule has 1 atom stereocenters. The van der Waals surface area contributed by atoms with E-state index in [-0.39, 0.29) is 0 Å². The number of piperidine rings is 1. The van der Waals surface area contributed by atoms with Gasteiger partial charge in [-0.3, -0.25) is 0 Å². The van der Waals surface area contributed by atoms with Gasteiger partial charge in [0.25, 0.3) is 0 Å². The zero-order chi connectivity index (χ0) is 11.4. The molecule has 3 heteroatoms. The minimum absolute atomic E-state index is 0.795. The van der Waals surface area contributed by atoms with Gasteiger partial charge in [0.15, 0.2) is 0 Å². The van der Waals surface area contributed by atoms with Gasteiger partial charge in [-0.25, -0.2) is 4.98 Å². The van der Waals surface area contributed by atoms with Crippen LogP contribution in [0.5, 0.6) is 0 Å². The number of hydrogen-bond donors (Lipinski definition) is 1. The normalized spacial score (nSPS) is 21.1. The van der Waals surface area contributed by atoms with Gasteiger partial charge >= 0.3 is 0 Å². The minimum atomic E-state index is 0.795. The van der Waals surface area contributed by atoms with E-state index >= 15 is 0 Å². The smallest absolute Gasteiger partial charge is 0.128 e. The molecule has 1 aliphatic rings. The fraction of sp³-hybridized carbons (Fsp3) is 0.615. The van der Waals surface area contributed by atoms with Crippen molar-refractivity contribution in [2.45, 2.75) is 26.3 Å². The third-order valence-electron chi connectivity index (χ3n) is 3.13. The largest absolute Gasteiger partial charge is 0.356 e. The summed E-state index contributed by atoms with van der Waals surface area (Å²) in [6.45, 7) is 5.47. The molecule has 1 aromatic heterocycles. The van der Waals surface area contributed by atoms with E-state index in [1.165, 1.54) is 12.8 Å². The van der Waals surface area contributed by atoms with Crippen molar-refractivity contribution in [1.29, 1.82) is 0 Å². The molecule has 0 aliphatic carbocycles. The Kier molecular flexibility index (Phi) is 3.78. The van der Waals surface area contributed by atoms with Crippen LogP contribution in [0.1, 0.15) is 25.5 Å². The number of rotatable bonds is 3. The minimum Gasteiger partial charge on any atom is -0.356 e. The molecule has 0 radical (unpaired) electrons. The van der Waals surface area contributed by atoms with Gasteiger partial charge in [-0.15, -0.1) is 0 Å². The highest BCUT2D eigenvalue weighted by atomic mass is 15.2. The lowest BCUT2D eigenvalue weighted by atomic mass is 10.0. The van der Waals surface area contributed by atoms with Crippen LogP contribution >= 0.6 is 0 Å². The molecule has 0 amide bonds. The van der Waals surface area contributed by atoms with Gasteiger partial charge in [-0.05, 0) is 37.9 Å². The summed E-state index contributed by atoms with van der Waals surface area (Å²) < 4.78 is 0. The summed E-state index contributed by atoms with van der Waals surface area (Å²) in [5.74, 6) is 1.93. The van der Waals surface area contributed by atoms with Gasteiger partial charge in [0.1, 0.15) is 5.82 Å². The van der Waals surface area contributed by atoms with Crippen LogP contribution in [0.4, 0.5) is 5.82 Å². The predicted octanol–water partition coefficient (Wildman–Crippen LogP) is 2.04. The second-order valence-corrected chi connectivity index (χ2v) is 4.71. The lowest BCUT2D eigenvalue weighted by Crippen LogP contribution is -2.34. The highest BCUT2D eigenvalue weighted by molar-refractivity contribution is 5.39. The number of nitrogens with one attached hydrogen (secondary N) is 1. The van der Waals surface area contributed by atoms with E-state index in [0.717, 1.165) is 37.1 Å². The summed E-state index contributed by atoms with van der Waals surface area (Å²) in [5.41, 5.74) is 1.12. The van der Waals surface area contributed by atoms with Crippen molar-refractivity contribution in [1.82, 2.24) is 10.3 Å². The van der Waals surface area contributed by atoms with Gasteiger partial charge in [0.05, 0.1) is 5.69 Å². The first-order valence-corrected chi connectivity index (χ1v) is 6.15. The third-order valence-corrected chi connectivity index (χ3v) is 3.13. The van der Waals surface area contributed by atoms with Crippen molar-refractivity contribution in [2.75, 3.05) is 25.0 Å². The Balaban J connectivity index is 2.09. The maximum absolute atomic E-state index is 4.68. The van der Waals surface area contributed by atoms with Crippen LogP contribution in [0.3, 0.4) is 0 Å². The summed E-state index contributed by atoms with van der Waals surface area (Å²) in [5, 5.41) is 3.14. The van der Waals surface area contributed by atoms with Crippen LogP contribution in [0, 0.1) is 5.92 Å². The third kappa shape index (κ3) is 2.73. The van der Waals surface area contributed by atoms with Crippen LogP contribution in [-0.2, 0) is 6.54 Å². The number of anilines is 1. The lowest BCUT2D eigenvalue weighted by molar-refractivity contribution is 0.444. The SMILES string of the molecule is CNCc1cccc(N2CCCC(C)C2)n1. The Labute approximate surface area is 97.9 Å². The van der Waals surface area contributed by atoms with Crippen molar-refractivity contribution in [3.05, 3.63) is 23.9 Å². The van der Waals surface area contributed by atoms with E-state index in [0.29, 0.717) is 0 Å². The molecule has 0 bridgehead atoms. The van der Waals surface area contributed by atoms with E-state index < -0.39 is 0 Å². The fourth-order valence-electron chi connectivity index (χ4n) is 2.32. The Bertz CT molecular complexity index is 338. The van der Waals surface area contributed by atoms with Crippen LogP contribution in [0.25, 0.3) is 0 Å². The molecule has 1 N–H and O–H groups in total. The Morgan fingerprint density at radius 2 is 2.38 bits per heavy atom. The quantitative estimate of drug-likeness (QED) is 0.843. The molecule has 0 spiro atoms. The van der Waals surface area contributed by atoms with E-state index in [1.54, 1.807) is 0 Å². The first kappa shape index (κ1) is 11.4. The average Bonchev–Trinajstić information content (AvgIpc) is 2.30. The fourth-order valence-corrected chi connectivity index (χ4v) is 2.32. The number of pyridine rings is 1. The number of hydrogen-bond acceptors (Lipinski definition) is 3. The Morgan fingerprint density at radius 1 is 1.50 bits per heavy atom. The highest BCUT2D eigenvalue weighted by Crippen LogP contribution is 2.21. The molecule has 1 unspecified atom stereocenters. The molecule has 0 saturated carbocycles. The molecule has 1 fully saturated rings. The van der Waals surface area contributed by atoms with Crippen molar-refractivity contribution in [2.24, 2.45) is 5.92 Å². The predicted molar refractivity (Wildman–Crippen MR) is 67.6 cm³/mol. The van der Waals surface area contributed by atoms with Crippen LogP contribution in [0.15, 0.2) is 18.2 Å². The zero-order valence-corrected chi connectivity index (χ0v) is 10.2. The first-order valence-electron chi connectivity index (χ1n) is 6.15. The maximum atomic E-state index is 4.68. The highest BCUT2D eigenvalue weighted by Gasteiger charge is 2.17. The van der Waals surface area contributed by atoms with Gasteiger partial charge in [-0.2, -0.15) is 0 Å². The standard InChI is InChI=1S/C13H21N3/c1-11-5-4-8-16(10-11)13-7-3-6-12(15-13)9-14-2/h3,6-7,11,14H,4-5,8-10H2,1-2H3. The van der Waals surface area contributed by atoms with Gasteiger partial charge in [-0.1, -0.05) is 13.0 Å².